The van der Waals surface area contributed by atoms with Crippen LogP contribution in [0.3, 0.4) is 0 Å². The molecule has 2 heterocycles. The number of nitrogens with zero attached hydrogens (tertiary/aromatic N) is 3. The normalized spacial score (nSPS) is 17.7. The zero-order valence-electron chi connectivity index (χ0n) is 11.5. The Balaban J connectivity index is 1.90. The van der Waals surface area contributed by atoms with Crippen molar-refractivity contribution < 1.29 is 9.21 Å². The Morgan fingerprint density at radius 1 is 1.40 bits per heavy atom. The fraction of sp³-hybridized carbons (Fsp3) is 0.357. The molecule has 1 aromatic carbocycles. The first-order valence-electron chi connectivity index (χ1n) is 6.59. The second kappa shape index (κ2) is 4.96. The van der Waals surface area contributed by atoms with Crippen LogP contribution in [0.25, 0.3) is 0 Å². The van der Waals surface area contributed by atoms with E-state index in [-0.39, 0.29) is 11.9 Å². The largest absolute Gasteiger partial charge is 0.408 e. The average molecular weight is 272 g/mol. The van der Waals surface area contributed by atoms with Crippen molar-refractivity contribution in [1.82, 2.24) is 10.2 Å². The predicted molar refractivity (Wildman–Crippen MR) is 74.5 cm³/mol. The summed E-state index contributed by atoms with van der Waals surface area (Å²) >= 11 is 0. The van der Waals surface area contributed by atoms with Gasteiger partial charge in [-0.1, -0.05) is 23.3 Å². The molecule has 20 heavy (non-hydrogen) atoms. The monoisotopic (exact) mass is 272 g/mol. The summed E-state index contributed by atoms with van der Waals surface area (Å²) < 4.78 is 5.36. The molecule has 0 radical (unpaired) electrons. The van der Waals surface area contributed by atoms with Crippen molar-refractivity contribution in [2.45, 2.75) is 26.3 Å². The van der Waals surface area contributed by atoms with Crippen molar-refractivity contribution in [3.05, 3.63) is 35.7 Å². The molecule has 0 fully saturated rings. The number of carbonyl (C=O) groups is 1. The molecule has 1 amide bonds. The van der Waals surface area contributed by atoms with Gasteiger partial charge in [0.15, 0.2) is 0 Å². The van der Waals surface area contributed by atoms with Gasteiger partial charge < -0.3 is 14.6 Å². The summed E-state index contributed by atoms with van der Waals surface area (Å²) in [5, 5.41) is 11.0. The lowest BCUT2D eigenvalue weighted by Crippen LogP contribution is -2.36. The number of aromatic nitrogens is 2. The van der Waals surface area contributed by atoms with Gasteiger partial charge in [0.05, 0.1) is 6.04 Å². The van der Waals surface area contributed by atoms with Crippen LogP contribution < -0.4 is 10.2 Å². The number of para-hydroxylation sites is 1. The van der Waals surface area contributed by atoms with E-state index < -0.39 is 0 Å². The number of fused-ring (bicyclic) bond motifs is 1. The van der Waals surface area contributed by atoms with Crippen molar-refractivity contribution in [2.75, 3.05) is 16.8 Å². The highest BCUT2D eigenvalue weighted by Gasteiger charge is 2.27. The van der Waals surface area contributed by atoms with Crippen LogP contribution in [0.4, 0.5) is 11.7 Å². The van der Waals surface area contributed by atoms with E-state index in [1.54, 1.807) is 18.7 Å². The number of amides is 1. The van der Waals surface area contributed by atoms with Gasteiger partial charge in [0.1, 0.15) is 0 Å². The Bertz CT molecular complexity index is 638. The van der Waals surface area contributed by atoms with Crippen LogP contribution in [0.5, 0.6) is 0 Å². The lowest BCUT2D eigenvalue weighted by atomic mass is 9.96. The summed E-state index contributed by atoms with van der Waals surface area (Å²) in [6.45, 7) is 4.02. The Morgan fingerprint density at radius 3 is 2.90 bits per heavy atom. The lowest BCUT2D eigenvalue weighted by Gasteiger charge is -2.33. The van der Waals surface area contributed by atoms with E-state index in [1.807, 2.05) is 24.3 Å². The fourth-order valence-electron chi connectivity index (χ4n) is 2.54. The molecule has 0 bridgehead atoms. The van der Waals surface area contributed by atoms with Gasteiger partial charge in [0, 0.05) is 26.1 Å². The van der Waals surface area contributed by atoms with Crippen molar-refractivity contribution >= 4 is 17.6 Å². The van der Waals surface area contributed by atoms with E-state index >= 15 is 0 Å². The number of anilines is 2. The van der Waals surface area contributed by atoms with E-state index in [2.05, 4.69) is 15.5 Å². The quantitative estimate of drug-likeness (QED) is 0.908. The molecule has 1 N–H and O–H groups in total. The number of benzene rings is 1. The van der Waals surface area contributed by atoms with E-state index in [0.717, 1.165) is 17.7 Å². The van der Waals surface area contributed by atoms with Crippen molar-refractivity contribution in [1.29, 1.82) is 0 Å². The lowest BCUT2D eigenvalue weighted by molar-refractivity contribution is -0.116. The van der Waals surface area contributed by atoms with Gasteiger partial charge in [-0.25, -0.2) is 0 Å². The van der Waals surface area contributed by atoms with Gasteiger partial charge in [0.2, 0.25) is 11.8 Å². The summed E-state index contributed by atoms with van der Waals surface area (Å²) in [7, 11) is 0. The molecule has 0 saturated carbocycles. The van der Waals surface area contributed by atoms with E-state index in [0.29, 0.717) is 18.5 Å². The first kappa shape index (κ1) is 12.7. The molecule has 0 saturated heterocycles. The molecule has 1 aliphatic rings. The second-order valence-corrected chi connectivity index (χ2v) is 4.84. The second-order valence-electron chi connectivity index (χ2n) is 4.84. The Labute approximate surface area is 116 Å². The Kier molecular flexibility index (Phi) is 3.14. The third-order valence-electron chi connectivity index (χ3n) is 3.45. The number of rotatable bonds is 2. The Morgan fingerprint density at radius 2 is 2.20 bits per heavy atom. The SMILES string of the molecule is CC(=O)N1CCC(Nc2nnc(C)o2)c2ccccc21. The maximum Gasteiger partial charge on any atom is 0.315 e. The number of carbonyl (C=O) groups excluding carboxylic acids is 1. The van der Waals surface area contributed by atoms with Gasteiger partial charge in [-0.15, -0.1) is 5.10 Å². The number of nitrogens with one attached hydrogen (secondary N) is 1. The summed E-state index contributed by atoms with van der Waals surface area (Å²) in [6.07, 6.45) is 0.804. The molecule has 2 aromatic rings. The van der Waals surface area contributed by atoms with E-state index in [4.69, 9.17) is 4.42 Å². The third-order valence-corrected chi connectivity index (χ3v) is 3.45. The summed E-state index contributed by atoms with van der Waals surface area (Å²) in [6, 6.07) is 8.37. The fourth-order valence-corrected chi connectivity index (χ4v) is 2.54. The molecular formula is C14H16N4O2. The van der Waals surface area contributed by atoms with Crippen LogP contribution in [0.15, 0.2) is 28.7 Å². The van der Waals surface area contributed by atoms with Crippen LogP contribution in [0.1, 0.15) is 30.8 Å². The molecule has 6 heteroatoms. The first-order chi connectivity index (χ1) is 9.65. The number of hydrogen-bond acceptors (Lipinski definition) is 5. The van der Waals surface area contributed by atoms with Gasteiger partial charge in [-0.3, -0.25) is 4.79 Å². The highest BCUT2D eigenvalue weighted by Crippen LogP contribution is 2.35. The summed E-state index contributed by atoms with van der Waals surface area (Å²) in [5.74, 6) is 0.589. The molecular weight excluding hydrogens is 256 g/mol. The first-order valence-corrected chi connectivity index (χ1v) is 6.59. The zero-order valence-corrected chi connectivity index (χ0v) is 11.5. The zero-order chi connectivity index (χ0) is 14.1. The third kappa shape index (κ3) is 2.24. The minimum absolute atomic E-state index is 0.0598. The standard InChI is InChI=1S/C14H16N4O2/c1-9-16-17-14(20-9)15-12-7-8-18(10(2)19)13-6-4-3-5-11(12)13/h3-6,12H,7-8H2,1-2H3,(H,15,17). The number of hydrogen-bond donors (Lipinski definition) is 1. The average Bonchev–Trinajstić information content (AvgIpc) is 2.84. The van der Waals surface area contributed by atoms with Gasteiger partial charge in [0.25, 0.3) is 0 Å². The molecule has 3 rings (SSSR count). The minimum atomic E-state index is 0.0598. The maximum absolute atomic E-state index is 11.7. The van der Waals surface area contributed by atoms with E-state index in [1.165, 1.54) is 0 Å². The van der Waals surface area contributed by atoms with Gasteiger partial charge >= 0.3 is 6.01 Å². The van der Waals surface area contributed by atoms with Crippen LogP contribution in [-0.2, 0) is 4.79 Å². The van der Waals surface area contributed by atoms with Crippen LogP contribution in [-0.4, -0.2) is 22.6 Å². The molecule has 0 aliphatic carbocycles. The Hall–Kier alpha value is -2.37. The molecule has 1 unspecified atom stereocenters. The summed E-state index contributed by atoms with van der Waals surface area (Å²) in [4.78, 5) is 13.5. The molecule has 0 spiro atoms. The van der Waals surface area contributed by atoms with Gasteiger partial charge in [-0.2, -0.15) is 0 Å². The predicted octanol–water partition coefficient (Wildman–Crippen LogP) is 2.29. The maximum atomic E-state index is 11.7. The molecule has 1 aromatic heterocycles. The molecule has 104 valence electrons. The van der Waals surface area contributed by atoms with Crippen molar-refractivity contribution in [3.63, 3.8) is 0 Å². The van der Waals surface area contributed by atoms with Crippen molar-refractivity contribution in [3.8, 4) is 0 Å². The highest BCUT2D eigenvalue weighted by atomic mass is 16.4. The smallest absolute Gasteiger partial charge is 0.315 e. The highest BCUT2D eigenvalue weighted by molar-refractivity contribution is 5.93. The van der Waals surface area contributed by atoms with Gasteiger partial charge in [-0.05, 0) is 18.1 Å². The molecule has 1 atom stereocenters. The van der Waals surface area contributed by atoms with E-state index in [9.17, 15) is 4.79 Å². The number of aryl methyl sites for hydroxylation is 1. The molecule has 6 nitrogen and oxygen atoms in total. The minimum Gasteiger partial charge on any atom is -0.408 e. The topological polar surface area (TPSA) is 71.3 Å². The van der Waals surface area contributed by atoms with Crippen LogP contribution >= 0.6 is 0 Å². The van der Waals surface area contributed by atoms with Crippen molar-refractivity contribution in [2.24, 2.45) is 0 Å². The molecule has 1 aliphatic heterocycles. The van der Waals surface area contributed by atoms with Crippen LogP contribution in [0, 0.1) is 6.92 Å². The summed E-state index contributed by atoms with van der Waals surface area (Å²) in [5.41, 5.74) is 2.02. The van der Waals surface area contributed by atoms with Crippen LogP contribution in [0.2, 0.25) is 0 Å².